The van der Waals surface area contributed by atoms with Crippen LogP contribution in [0.2, 0.25) is 0 Å². The Kier molecular flexibility index (Phi) is 8.29. The van der Waals surface area contributed by atoms with E-state index in [0.717, 1.165) is 10.3 Å². The average molecular weight is 544 g/mol. The number of hydrogen-bond acceptors (Lipinski definition) is 10. The third-order valence-corrected chi connectivity index (χ3v) is 7.85. The number of fused-ring (bicyclic) bond motifs is 1. The molecule has 204 valence electrons. The third-order valence-electron chi connectivity index (χ3n) is 6.98. The molecule has 2 aliphatic heterocycles. The van der Waals surface area contributed by atoms with Gasteiger partial charge in [-0.2, -0.15) is 0 Å². The van der Waals surface area contributed by atoms with Gasteiger partial charge in [-0.3, -0.25) is 10.1 Å². The number of nitrogens with zero attached hydrogens (tertiary/aromatic N) is 4. The number of piperidine rings is 1. The first kappa shape index (κ1) is 27.5. The van der Waals surface area contributed by atoms with E-state index in [9.17, 15) is 14.7 Å². The summed E-state index contributed by atoms with van der Waals surface area (Å²) in [7, 11) is 0. The van der Waals surface area contributed by atoms with Crippen molar-refractivity contribution in [1.82, 2.24) is 20.9 Å². The van der Waals surface area contributed by atoms with E-state index in [0.29, 0.717) is 43.0 Å². The van der Waals surface area contributed by atoms with Crippen LogP contribution in [-0.2, 0) is 9.63 Å². The number of aliphatic hydroxyl groups is 1. The molecule has 13 heteroatoms. The summed E-state index contributed by atoms with van der Waals surface area (Å²) in [6, 6.07) is 3.31. The molecular formula is C25H33N7O5S. The number of carbonyl (C=O) groups is 2. The smallest absolute Gasteiger partial charge is 0.318 e. The van der Waals surface area contributed by atoms with E-state index in [2.05, 4.69) is 26.1 Å². The molecule has 0 aliphatic carbocycles. The molecule has 3 heterocycles. The van der Waals surface area contributed by atoms with Gasteiger partial charge in [0.25, 0.3) is 0 Å². The van der Waals surface area contributed by atoms with Crippen molar-refractivity contribution < 1.29 is 24.6 Å². The fourth-order valence-electron chi connectivity index (χ4n) is 4.98. The number of aliphatic carboxylic acids is 1. The van der Waals surface area contributed by atoms with Gasteiger partial charge in [0, 0.05) is 36.8 Å². The number of carbonyl (C=O) groups excluding carboxylic acids is 1. The number of anilines is 1. The predicted molar refractivity (Wildman–Crippen MR) is 147 cm³/mol. The van der Waals surface area contributed by atoms with Crippen molar-refractivity contribution in [2.24, 2.45) is 21.5 Å². The number of carboxylic acid groups (broad SMARTS) is 1. The van der Waals surface area contributed by atoms with E-state index in [4.69, 9.17) is 14.9 Å². The standard InChI is InChI=1S/C25H33N7O5S/c1-4-27-23(36)30-25(20-14-26-8-6-24(20,3)22(34)35)29-7-5-9-32(25)17-12-18(16(2)31-37-11-10-33)21-19(13-17)28-15-38-21/h5,7,9,12-13,15,20,26,33H,4,6,8,10-11,14H2,1-3H3,(H,34,35)(H2,27,30,36)/b31-16+. The molecule has 0 radical (unpaired) electrons. The molecule has 0 bridgehead atoms. The zero-order valence-corrected chi connectivity index (χ0v) is 22.4. The maximum atomic E-state index is 13.0. The number of thiazole rings is 1. The number of rotatable bonds is 9. The Bertz CT molecular complexity index is 1280. The van der Waals surface area contributed by atoms with Gasteiger partial charge in [-0.15, -0.1) is 11.3 Å². The highest BCUT2D eigenvalue weighted by molar-refractivity contribution is 7.17. The van der Waals surface area contributed by atoms with Gasteiger partial charge in [0.1, 0.15) is 6.61 Å². The number of carboxylic acids is 1. The van der Waals surface area contributed by atoms with Gasteiger partial charge < -0.3 is 30.6 Å². The largest absolute Gasteiger partial charge is 0.481 e. The number of hydrogen-bond donors (Lipinski definition) is 5. The molecular weight excluding hydrogens is 510 g/mol. The predicted octanol–water partition coefficient (Wildman–Crippen LogP) is 2.11. The first-order valence-corrected chi connectivity index (χ1v) is 13.3. The summed E-state index contributed by atoms with van der Waals surface area (Å²) in [5.74, 6) is -3.07. The Morgan fingerprint density at radius 3 is 2.95 bits per heavy atom. The molecule has 2 aromatic rings. The SMILES string of the molecule is CCNC(=O)NC1(C2CNCCC2(C)C(=O)O)N=CC=CN1c1cc(/C(C)=N/OCCO)c2scnc2c1. The van der Waals surface area contributed by atoms with Crippen molar-refractivity contribution in [3.8, 4) is 0 Å². The van der Waals surface area contributed by atoms with E-state index in [-0.39, 0.29) is 13.2 Å². The molecule has 12 nitrogen and oxygen atoms in total. The van der Waals surface area contributed by atoms with E-state index in [1.54, 1.807) is 49.7 Å². The van der Waals surface area contributed by atoms with Gasteiger partial charge in [-0.05, 0) is 51.9 Å². The summed E-state index contributed by atoms with van der Waals surface area (Å²) in [5.41, 5.74) is 3.23. The molecule has 1 aromatic carbocycles. The normalized spacial score (nSPS) is 25.4. The summed E-state index contributed by atoms with van der Waals surface area (Å²) in [6.07, 6.45) is 5.46. The molecule has 1 fully saturated rings. The molecule has 3 atom stereocenters. The Hall–Kier alpha value is -3.55. The summed E-state index contributed by atoms with van der Waals surface area (Å²) in [6.45, 7) is 6.46. The molecule has 38 heavy (non-hydrogen) atoms. The molecule has 3 unspecified atom stereocenters. The van der Waals surface area contributed by atoms with E-state index < -0.39 is 29.1 Å². The Labute approximate surface area is 224 Å². The lowest BCUT2D eigenvalue weighted by atomic mass is 9.68. The maximum absolute atomic E-state index is 13.0. The highest BCUT2D eigenvalue weighted by Crippen LogP contribution is 2.45. The van der Waals surface area contributed by atoms with Crippen LogP contribution in [0, 0.1) is 11.3 Å². The van der Waals surface area contributed by atoms with Crippen molar-refractivity contribution in [1.29, 1.82) is 0 Å². The first-order chi connectivity index (χ1) is 18.3. The topological polar surface area (TPSA) is 161 Å². The zero-order valence-electron chi connectivity index (χ0n) is 21.6. The zero-order chi connectivity index (χ0) is 27.3. The molecule has 1 aromatic heterocycles. The van der Waals surface area contributed by atoms with Crippen molar-refractivity contribution in [2.75, 3.05) is 37.7 Å². The van der Waals surface area contributed by atoms with Gasteiger partial charge in [0.15, 0.2) is 0 Å². The second kappa shape index (κ2) is 11.5. The van der Waals surface area contributed by atoms with Gasteiger partial charge in [-0.1, -0.05) is 5.16 Å². The fraction of sp³-hybridized carbons (Fsp3) is 0.480. The Morgan fingerprint density at radius 2 is 2.21 bits per heavy atom. The number of aliphatic imine (C=N–C) groups is 1. The number of urea groups is 1. The van der Waals surface area contributed by atoms with Crippen LogP contribution >= 0.6 is 11.3 Å². The lowest BCUT2D eigenvalue weighted by Gasteiger charge is -2.52. The van der Waals surface area contributed by atoms with E-state index in [1.165, 1.54) is 11.3 Å². The van der Waals surface area contributed by atoms with Gasteiger partial charge >= 0.3 is 12.0 Å². The molecule has 2 aliphatic rings. The van der Waals surface area contributed by atoms with Crippen LogP contribution in [0.4, 0.5) is 10.5 Å². The molecule has 5 N–H and O–H groups in total. The summed E-state index contributed by atoms with van der Waals surface area (Å²) in [5, 5.41) is 32.6. The lowest BCUT2D eigenvalue weighted by molar-refractivity contribution is -0.155. The van der Waals surface area contributed by atoms with Crippen LogP contribution < -0.4 is 20.9 Å². The number of aromatic nitrogens is 1. The number of amides is 2. The van der Waals surface area contributed by atoms with Crippen LogP contribution in [0.25, 0.3) is 10.2 Å². The minimum atomic E-state index is -1.46. The first-order valence-electron chi connectivity index (χ1n) is 12.4. The highest BCUT2D eigenvalue weighted by Gasteiger charge is 2.57. The van der Waals surface area contributed by atoms with Crippen LogP contribution in [0.15, 0.2) is 40.1 Å². The maximum Gasteiger partial charge on any atom is 0.318 e. The van der Waals surface area contributed by atoms with Crippen molar-refractivity contribution in [2.45, 2.75) is 33.0 Å². The van der Waals surface area contributed by atoms with Gasteiger partial charge in [0.2, 0.25) is 5.79 Å². The van der Waals surface area contributed by atoms with Crippen LogP contribution in [0.5, 0.6) is 0 Å². The number of nitrogens with one attached hydrogen (secondary N) is 3. The summed E-state index contributed by atoms with van der Waals surface area (Å²) in [4.78, 5) is 42.0. The minimum absolute atomic E-state index is 0.0640. The minimum Gasteiger partial charge on any atom is -0.481 e. The van der Waals surface area contributed by atoms with Gasteiger partial charge in [0.05, 0.1) is 39.4 Å². The Morgan fingerprint density at radius 1 is 1.39 bits per heavy atom. The van der Waals surface area contributed by atoms with Crippen LogP contribution in [0.3, 0.4) is 0 Å². The van der Waals surface area contributed by atoms with E-state index >= 15 is 0 Å². The fourth-order valence-corrected chi connectivity index (χ4v) is 5.82. The summed E-state index contributed by atoms with van der Waals surface area (Å²) < 4.78 is 0.893. The molecule has 1 saturated heterocycles. The average Bonchev–Trinajstić information content (AvgIpc) is 3.37. The highest BCUT2D eigenvalue weighted by atomic mass is 32.1. The number of aliphatic hydroxyl groups excluding tert-OH is 1. The van der Waals surface area contributed by atoms with Gasteiger partial charge in [-0.25, -0.2) is 14.8 Å². The van der Waals surface area contributed by atoms with E-state index in [1.807, 2.05) is 12.1 Å². The monoisotopic (exact) mass is 543 g/mol. The third kappa shape index (κ3) is 5.08. The van der Waals surface area contributed by atoms with Crippen molar-refractivity contribution in [3.05, 3.63) is 35.5 Å². The molecule has 4 rings (SSSR count). The van der Waals surface area contributed by atoms with Crippen LogP contribution in [-0.4, -0.2) is 77.8 Å². The quantitative estimate of drug-likeness (QED) is 0.183. The number of allylic oxidation sites excluding steroid dienone is 1. The number of oxime groups is 1. The molecule has 2 amide bonds. The Balaban J connectivity index is 1.90. The summed E-state index contributed by atoms with van der Waals surface area (Å²) >= 11 is 1.46. The van der Waals surface area contributed by atoms with Crippen molar-refractivity contribution in [3.63, 3.8) is 0 Å². The lowest BCUT2D eigenvalue weighted by Crippen LogP contribution is -2.71. The molecule has 0 spiro atoms. The second-order valence-corrected chi connectivity index (χ2v) is 10.2. The van der Waals surface area contributed by atoms with Crippen LogP contribution in [0.1, 0.15) is 32.8 Å². The number of benzene rings is 1. The second-order valence-electron chi connectivity index (χ2n) is 9.36. The molecule has 0 saturated carbocycles. The van der Waals surface area contributed by atoms with Crippen molar-refractivity contribution >= 4 is 51.2 Å².